The number of para-hydroxylation sites is 1. The van der Waals surface area contributed by atoms with Crippen molar-refractivity contribution in [2.45, 2.75) is 58.2 Å². The number of nitrogens with zero attached hydrogens (tertiary/aromatic N) is 3. The number of carbonyl (C=O) groups excluding carboxylic acids is 2. The van der Waals surface area contributed by atoms with Crippen molar-refractivity contribution in [1.29, 1.82) is 0 Å². The third-order valence-electron chi connectivity index (χ3n) is 4.96. The first-order valence-corrected chi connectivity index (χ1v) is 9.39. The molecule has 1 saturated carbocycles. The number of amides is 1. The first-order chi connectivity index (χ1) is 13.0. The van der Waals surface area contributed by atoms with E-state index in [1.54, 1.807) is 24.3 Å². The molecule has 1 aromatic heterocycles. The van der Waals surface area contributed by atoms with Crippen LogP contribution in [0.3, 0.4) is 0 Å². The van der Waals surface area contributed by atoms with Crippen LogP contribution in [-0.2, 0) is 20.9 Å². The molecule has 0 bridgehead atoms. The second-order valence-corrected chi connectivity index (χ2v) is 7.18. The molecule has 0 unspecified atom stereocenters. The monoisotopic (exact) mass is 371 g/mol. The van der Waals surface area contributed by atoms with Crippen molar-refractivity contribution >= 4 is 22.8 Å². The van der Waals surface area contributed by atoms with Crippen molar-refractivity contribution in [3.8, 4) is 0 Å². The quantitative estimate of drug-likeness (QED) is 0.727. The summed E-state index contributed by atoms with van der Waals surface area (Å²) >= 11 is 0. The van der Waals surface area contributed by atoms with Gasteiger partial charge in [0.15, 0.2) is 6.61 Å². The minimum Gasteiger partial charge on any atom is -0.454 e. The van der Waals surface area contributed by atoms with Crippen LogP contribution >= 0.6 is 0 Å². The number of rotatable bonds is 6. The topological polar surface area (TPSA) is 81.5 Å². The highest BCUT2D eigenvalue weighted by atomic mass is 16.5. The van der Waals surface area contributed by atoms with E-state index in [4.69, 9.17) is 4.74 Å². The fraction of sp³-hybridized carbons (Fsp3) is 0.500. The molecule has 1 aliphatic rings. The number of hydrogen-bond donors (Lipinski definition) is 0. The largest absolute Gasteiger partial charge is 0.454 e. The fourth-order valence-electron chi connectivity index (χ4n) is 3.77. The molecule has 144 valence electrons. The van der Waals surface area contributed by atoms with Gasteiger partial charge < -0.3 is 9.64 Å². The molecular weight excluding hydrogens is 346 g/mol. The van der Waals surface area contributed by atoms with Gasteiger partial charge in [0.2, 0.25) is 5.43 Å². The molecule has 27 heavy (non-hydrogen) atoms. The predicted octanol–water partition coefficient (Wildman–Crippen LogP) is 2.12. The highest BCUT2D eigenvalue weighted by Gasteiger charge is 2.29. The van der Waals surface area contributed by atoms with Gasteiger partial charge in [0.05, 0.1) is 11.7 Å². The lowest BCUT2D eigenvalue weighted by Gasteiger charge is -2.32. The van der Waals surface area contributed by atoms with E-state index in [2.05, 4.69) is 5.10 Å². The zero-order valence-corrected chi connectivity index (χ0v) is 15.8. The lowest BCUT2D eigenvalue weighted by atomic mass is 10.1. The average molecular weight is 371 g/mol. The van der Waals surface area contributed by atoms with Gasteiger partial charge >= 0.3 is 5.97 Å². The maximum atomic E-state index is 12.6. The predicted molar refractivity (Wildman–Crippen MR) is 101 cm³/mol. The summed E-state index contributed by atoms with van der Waals surface area (Å²) in [7, 11) is 0. The highest BCUT2D eigenvalue weighted by Crippen LogP contribution is 2.25. The second-order valence-electron chi connectivity index (χ2n) is 7.18. The van der Waals surface area contributed by atoms with Gasteiger partial charge in [-0.25, -0.2) is 0 Å². The molecule has 0 aliphatic heterocycles. The van der Waals surface area contributed by atoms with Crippen LogP contribution in [0.25, 0.3) is 10.9 Å². The maximum Gasteiger partial charge on any atom is 0.328 e. The zero-order chi connectivity index (χ0) is 19.4. The van der Waals surface area contributed by atoms with E-state index < -0.39 is 5.97 Å². The fourth-order valence-corrected chi connectivity index (χ4v) is 3.77. The van der Waals surface area contributed by atoms with E-state index in [0.29, 0.717) is 10.9 Å². The summed E-state index contributed by atoms with van der Waals surface area (Å²) in [6.07, 6.45) is 5.45. The van der Waals surface area contributed by atoms with Crippen LogP contribution in [0.15, 0.2) is 35.3 Å². The van der Waals surface area contributed by atoms with Gasteiger partial charge in [0, 0.05) is 17.5 Å². The minimum atomic E-state index is -0.556. The molecule has 1 aromatic carbocycles. The number of carbonyl (C=O) groups is 2. The normalized spacial score (nSPS) is 14.6. The van der Waals surface area contributed by atoms with E-state index in [1.165, 1.54) is 10.9 Å². The van der Waals surface area contributed by atoms with Gasteiger partial charge in [-0.15, -0.1) is 0 Å². The Labute approximate surface area is 157 Å². The molecular formula is C20H25N3O4. The number of aromatic nitrogens is 2. The van der Waals surface area contributed by atoms with Crippen LogP contribution in [0.4, 0.5) is 0 Å². The van der Waals surface area contributed by atoms with Crippen LogP contribution in [-0.4, -0.2) is 45.2 Å². The summed E-state index contributed by atoms with van der Waals surface area (Å²) < 4.78 is 6.63. The molecule has 3 rings (SSSR count). The van der Waals surface area contributed by atoms with Gasteiger partial charge in [-0.1, -0.05) is 25.0 Å². The third kappa shape index (κ3) is 4.35. The van der Waals surface area contributed by atoms with E-state index in [0.717, 1.165) is 25.7 Å². The third-order valence-corrected chi connectivity index (χ3v) is 4.96. The van der Waals surface area contributed by atoms with Crippen molar-refractivity contribution in [2.24, 2.45) is 0 Å². The molecule has 0 saturated heterocycles. The molecule has 0 N–H and O–H groups in total. The van der Waals surface area contributed by atoms with Crippen LogP contribution < -0.4 is 5.43 Å². The molecule has 1 amide bonds. The first kappa shape index (κ1) is 19.1. The molecule has 7 nitrogen and oxygen atoms in total. The van der Waals surface area contributed by atoms with Crippen molar-refractivity contribution in [3.63, 3.8) is 0 Å². The Kier molecular flexibility index (Phi) is 5.88. The van der Waals surface area contributed by atoms with Gasteiger partial charge in [-0.2, -0.15) is 5.10 Å². The molecule has 0 radical (unpaired) electrons. The lowest BCUT2D eigenvalue weighted by Crippen LogP contribution is -2.45. The van der Waals surface area contributed by atoms with Gasteiger partial charge in [-0.3, -0.25) is 19.1 Å². The SMILES string of the molecule is CC(C)N(C(=O)COC(=O)Cn1ncc(=O)c2ccccc21)C1CCCC1. The minimum absolute atomic E-state index is 0.0730. The summed E-state index contributed by atoms with van der Waals surface area (Å²) in [6, 6.07) is 7.26. The number of benzene rings is 1. The van der Waals surface area contributed by atoms with E-state index in [9.17, 15) is 14.4 Å². The van der Waals surface area contributed by atoms with E-state index >= 15 is 0 Å². The van der Waals surface area contributed by atoms with E-state index in [1.807, 2.05) is 18.7 Å². The van der Waals surface area contributed by atoms with Crippen LogP contribution in [0, 0.1) is 0 Å². The maximum absolute atomic E-state index is 12.6. The molecule has 2 aromatic rings. The Bertz CT molecular complexity index is 884. The lowest BCUT2D eigenvalue weighted by molar-refractivity contribution is -0.154. The van der Waals surface area contributed by atoms with E-state index in [-0.39, 0.29) is 36.6 Å². The Balaban J connectivity index is 1.64. The van der Waals surface area contributed by atoms with Crippen LogP contribution in [0.1, 0.15) is 39.5 Å². The number of fused-ring (bicyclic) bond motifs is 1. The van der Waals surface area contributed by atoms with Crippen molar-refractivity contribution in [2.75, 3.05) is 6.61 Å². The average Bonchev–Trinajstić information content (AvgIpc) is 3.16. The van der Waals surface area contributed by atoms with Gasteiger partial charge in [0.25, 0.3) is 5.91 Å². The number of ether oxygens (including phenoxy) is 1. The van der Waals surface area contributed by atoms with Gasteiger partial charge in [-0.05, 0) is 38.8 Å². The molecule has 0 spiro atoms. The standard InChI is InChI=1S/C20H25N3O4/c1-14(2)23(15-7-3-4-8-15)19(25)13-27-20(26)12-22-17-10-6-5-9-16(17)18(24)11-21-22/h5-6,9-11,14-15H,3-4,7-8,12-13H2,1-2H3. The summed E-state index contributed by atoms with van der Waals surface area (Å²) in [4.78, 5) is 38.5. The number of esters is 1. The Morgan fingerprint density at radius 1 is 1.26 bits per heavy atom. The Hall–Kier alpha value is -2.70. The molecule has 1 fully saturated rings. The van der Waals surface area contributed by atoms with Crippen LogP contribution in [0.5, 0.6) is 0 Å². The second kappa shape index (κ2) is 8.33. The van der Waals surface area contributed by atoms with Crippen molar-refractivity contribution in [1.82, 2.24) is 14.7 Å². The molecule has 7 heteroatoms. The molecule has 1 heterocycles. The number of hydrogen-bond acceptors (Lipinski definition) is 5. The Morgan fingerprint density at radius 3 is 2.67 bits per heavy atom. The molecule has 1 aliphatic carbocycles. The summed E-state index contributed by atoms with van der Waals surface area (Å²) in [5.41, 5.74) is 0.359. The first-order valence-electron chi connectivity index (χ1n) is 9.39. The van der Waals surface area contributed by atoms with Crippen molar-refractivity contribution < 1.29 is 14.3 Å². The van der Waals surface area contributed by atoms with Crippen molar-refractivity contribution in [3.05, 3.63) is 40.7 Å². The molecule has 0 atom stereocenters. The summed E-state index contributed by atoms with van der Waals surface area (Å²) in [6.45, 7) is 3.54. The Morgan fingerprint density at radius 2 is 1.96 bits per heavy atom. The summed E-state index contributed by atoms with van der Waals surface area (Å²) in [5.74, 6) is -0.720. The smallest absolute Gasteiger partial charge is 0.328 e. The highest BCUT2D eigenvalue weighted by molar-refractivity contribution is 5.82. The zero-order valence-electron chi connectivity index (χ0n) is 15.8. The van der Waals surface area contributed by atoms with Crippen LogP contribution in [0.2, 0.25) is 0 Å². The summed E-state index contributed by atoms with van der Waals surface area (Å²) in [5, 5.41) is 4.50. The van der Waals surface area contributed by atoms with Gasteiger partial charge in [0.1, 0.15) is 6.54 Å².